The SMILES string of the molecule is CCOP(=O)(OCC)C(Sc1ccncc1)P(=O)(OCC)OCC. The summed E-state index contributed by atoms with van der Waals surface area (Å²) < 4.78 is 47.1. The third-order valence-electron chi connectivity index (χ3n) is 2.67. The zero-order valence-corrected chi connectivity index (χ0v) is 17.0. The van der Waals surface area contributed by atoms with Crippen molar-refractivity contribution in [2.75, 3.05) is 26.4 Å². The van der Waals surface area contributed by atoms with Gasteiger partial charge in [-0.1, -0.05) is 11.8 Å². The van der Waals surface area contributed by atoms with Crippen molar-refractivity contribution in [1.82, 2.24) is 4.98 Å². The van der Waals surface area contributed by atoms with Gasteiger partial charge in [0.05, 0.1) is 26.4 Å². The lowest BCUT2D eigenvalue weighted by Gasteiger charge is -2.30. The summed E-state index contributed by atoms with van der Waals surface area (Å²) in [5.74, 6) is 0. The Morgan fingerprint density at radius 3 is 1.58 bits per heavy atom. The highest BCUT2D eigenvalue weighted by molar-refractivity contribution is 8.12. The molecule has 0 saturated carbocycles. The van der Waals surface area contributed by atoms with E-state index in [-0.39, 0.29) is 26.4 Å². The Morgan fingerprint density at radius 2 is 1.25 bits per heavy atom. The standard InChI is InChI=1S/C14H25NO6P2S/c1-5-18-22(16,19-6-2)14(23(17,20-7-3)21-8-4)24-13-9-11-15-12-10-13/h9-12,14H,5-8H2,1-4H3. The maximum absolute atomic E-state index is 13.3. The number of rotatable bonds is 12. The van der Waals surface area contributed by atoms with Crippen LogP contribution in [0, 0.1) is 0 Å². The second-order valence-electron chi connectivity index (χ2n) is 4.38. The molecule has 0 aliphatic heterocycles. The molecule has 7 nitrogen and oxygen atoms in total. The fourth-order valence-electron chi connectivity index (χ4n) is 1.89. The Hall–Kier alpha value is -0.200. The molecule has 1 aromatic heterocycles. The highest BCUT2D eigenvalue weighted by Crippen LogP contribution is 2.74. The number of thioether (sulfide) groups is 1. The van der Waals surface area contributed by atoms with Gasteiger partial charge in [0.2, 0.25) is 4.73 Å². The fourth-order valence-corrected chi connectivity index (χ4v) is 9.19. The maximum atomic E-state index is 13.3. The first-order valence-corrected chi connectivity index (χ1v) is 11.9. The molecule has 0 aromatic carbocycles. The predicted octanol–water partition coefficient (Wildman–Crippen LogP) is 4.99. The van der Waals surface area contributed by atoms with E-state index >= 15 is 0 Å². The molecule has 24 heavy (non-hydrogen) atoms. The van der Waals surface area contributed by atoms with Crippen molar-refractivity contribution in [3.05, 3.63) is 24.5 Å². The Balaban J connectivity index is 3.32. The minimum absolute atomic E-state index is 0.156. The van der Waals surface area contributed by atoms with Crippen molar-refractivity contribution in [1.29, 1.82) is 0 Å². The average molecular weight is 397 g/mol. The zero-order chi connectivity index (χ0) is 18.1. The highest BCUT2D eigenvalue weighted by atomic mass is 32.2. The van der Waals surface area contributed by atoms with E-state index in [1.165, 1.54) is 0 Å². The number of hydrogen-bond acceptors (Lipinski definition) is 8. The van der Waals surface area contributed by atoms with Gasteiger partial charge in [0, 0.05) is 17.3 Å². The van der Waals surface area contributed by atoms with Gasteiger partial charge in [-0.3, -0.25) is 14.1 Å². The highest BCUT2D eigenvalue weighted by Gasteiger charge is 2.51. The number of hydrogen-bond donors (Lipinski definition) is 0. The van der Waals surface area contributed by atoms with Crippen molar-refractivity contribution >= 4 is 27.0 Å². The molecule has 0 fully saturated rings. The lowest BCUT2D eigenvalue weighted by Crippen LogP contribution is -2.15. The van der Waals surface area contributed by atoms with Gasteiger partial charge >= 0.3 is 15.2 Å². The minimum atomic E-state index is -3.75. The van der Waals surface area contributed by atoms with Gasteiger partial charge in [-0.15, -0.1) is 0 Å². The van der Waals surface area contributed by atoms with Gasteiger partial charge < -0.3 is 18.1 Å². The molecule has 0 unspecified atom stereocenters. The van der Waals surface area contributed by atoms with E-state index in [1.807, 2.05) is 0 Å². The van der Waals surface area contributed by atoms with E-state index in [9.17, 15) is 9.13 Å². The average Bonchev–Trinajstić information content (AvgIpc) is 2.54. The molecule has 10 heteroatoms. The normalized spacial score (nSPS) is 12.7. The van der Waals surface area contributed by atoms with Crippen LogP contribution >= 0.6 is 27.0 Å². The van der Waals surface area contributed by atoms with Crippen molar-refractivity contribution in [2.24, 2.45) is 0 Å². The van der Waals surface area contributed by atoms with Gasteiger partial charge in [-0.2, -0.15) is 0 Å². The van der Waals surface area contributed by atoms with Gasteiger partial charge in [0.15, 0.2) is 0 Å². The van der Waals surface area contributed by atoms with Crippen LogP contribution in [-0.2, 0) is 27.2 Å². The zero-order valence-electron chi connectivity index (χ0n) is 14.4. The van der Waals surface area contributed by atoms with Crippen LogP contribution in [0.4, 0.5) is 0 Å². The van der Waals surface area contributed by atoms with Crippen molar-refractivity contribution in [2.45, 2.75) is 37.3 Å². The first-order valence-electron chi connectivity index (χ1n) is 7.80. The van der Waals surface area contributed by atoms with Crippen LogP contribution in [0.15, 0.2) is 29.4 Å². The predicted molar refractivity (Wildman–Crippen MR) is 95.6 cm³/mol. The molecule has 0 atom stereocenters. The molecule has 0 amide bonds. The second-order valence-corrected chi connectivity index (χ2v) is 10.9. The molecular formula is C14H25NO6P2S. The molecule has 0 bridgehead atoms. The lowest BCUT2D eigenvalue weighted by molar-refractivity contribution is 0.203. The number of pyridine rings is 1. The summed E-state index contributed by atoms with van der Waals surface area (Å²) in [6.07, 6.45) is 3.19. The van der Waals surface area contributed by atoms with Gasteiger partial charge in [-0.25, -0.2) is 0 Å². The molecule has 0 N–H and O–H groups in total. The van der Waals surface area contributed by atoms with Gasteiger partial charge in [0.1, 0.15) is 0 Å². The van der Waals surface area contributed by atoms with Crippen LogP contribution in [0.1, 0.15) is 27.7 Å². The largest absolute Gasteiger partial charge is 0.356 e. The summed E-state index contributed by atoms with van der Waals surface area (Å²) in [5, 5.41) is 0. The molecule has 1 heterocycles. The van der Waals surface area contributed by atoms with Crippen molar-refractivity contribution in [3.63, 3.8) is 0 Å². The summed E-state index contributed by atoms with van der Waals surface area (Å²) in [5.41, 5.74) is 0. The quantitative estimate of drug-likeness (QED) is 0.360. The van der Waals surface area contributed by atoms with Crippen LogP contribution in [0.3, 0.4) is 0 Å². The topological polar surface area (TPSA) is 84.0 Å². The van der Waals surface area contributed by atoms with Crippen molar-refractivity contribution in [3.8, 4) is 0 Å². The smallest absolute Gasteiger partial charge is 0.308 e. The number of aromatic nitrogens is 1. The van der Waals surface area contributed by atoms with E-state index < -0.39 is 19.9 Å². The van der Waals surface area contributed by atoms with E-state index in [2.05, 4.69) is 4.98 Å². The minimum Gasteiger partial charge on any atom is -0.308 e. The molecule has 0 radical (unpaired) electrons. The van der Waals surface area contributed by atoms with Crippen LogP contribution in [0.25, 0.3) is 0 Å². The van der Waals surface area contributed by atoms with Gasteiger partial charge in [-0.05, 0) is 39.8 Å². The summed E-state index contributed by atoms with van der Waals surface area (Å²) >= 11 is 1.10. The monoisotopic (exact) mass is 397 g/mol. The maximum Gasteiger partial charge on any atom is 0.356 e. The van der Waals surface area contributed by atoms with E-state index in [0.717, 1.165) is 11.8 Å². The first kappa shape index (κ1) is 21.8. The van der Waals surface area contributed by atoms with E-state index in [0.29, 0.717) is 4.90 Å². The molecular weight excluding hydrogens is 372 g/mol. The van der Waals surface area contributed by atoms with Crippen LogP contribution in [0.5, 0.6) is 0 Å². The summed E-state index contributed by atoms with van der Waals surface area (Å²) in [6, 6.07) is 3.45. The Morgan fingerprint density at radius 1 is 0.875 bits per heavy atom. The molecule has 0 spiro atoms. The molecule has 0 saturated heterocycles. The lowest BCUT2D eigenvalue weighted by atomic mass is 10.5. The fraction of sp³-hybridized carbons (Fsp3) is 0.643. The molecule has 0 aliphatic rings. The van der Waals surface area contributed by atoms with Crippen LogP contribution in [-0.4, -0.2) is 36.1 Å². The summed E-state index contributed by atoms with van der Waals surface area (Å²) in [4.78, 5) is 4.66. The number of nitrogens with zero attached hydrogens (tertiary/aromatic N) is 1. The Bertz CT molecular complexity index is 524. The Kier molecular flexibility index (Phi) is 9.75. The van der Waals surface area contributed by atoms with Crippen LogP contribution in [0.2, 0.25) is 0 Å². The third kappa shape index (κ3) is 5.95. The van der Waals surface area contributed by atoms with E-state index in [1.54, 1.807) is 52.2 Å². The molecule has 1 aromatic rings. The van der Waals surface area contributed by atoms with Crippen LogP contribution < -0.4 is 0 Å². The van der Waals surface area contributed by atoms with Gasteiger partial charge in [0.25, 0.3) is 0 Å². The van der Waals surface area contributed by atoms with E-state index in [4.69, 9.17) is 18.1 Å². The Labute approximate surface area is 147 Å². The van der Waals surface area contributed by atoms with Crippen molar-refractivity contribution < 1.29 is 27.2 Å². The summed E-state index contributed by atoms with van der Waals surface area (Å²) in [6.45, 7) is 7.42. The second kappa shape index (κ2) is 10.7. The third-order valence-corrected chi connectivity index (χ3v) is 10.9. The first-order chi connectivity index (χ1) is 11.5. The molecule has 138 valence electrons. The molecule has 0 aliphatic carbocycles. The summed E-state index contributed by atoms with van der Waals surface area (Å²) in [7, 11) is -7.49. The molecule has 1 rings (SSSR count).